The highest BCUT2D eigenvalue weighted by atomic mass is 32.1. The van der Waals surface area contributed by atoms with Crippen LogP contribution in [0.2, 0.25) is 0 Å². The Labute approximate surface area is 75.4 Å². The quantitative estimate of drug-likeness (QED) is 0.750. The number of rotatable bonds is 2. The van der Waals surface area contributed by atoms with Crippen LogP contribution >= 0.6 is 11.3 Å². The monoisotopic (exact) mass is 185 g/mol. The first-order valence-electron chi connectivity index (χ1n) is 4.14. The lowest BCUT2D eigenvalue weighted by Gasteiger charge is -2.39. The third-order valence-corrected chi connectivity index (χ3v) is 3.09. The molecule has 0 atom stereocenters. The molecular weight excluding hydrogens is 173 g/mol. The molecule has 1 nitrogen and oxygen atoms in total. The molecule has 2 N–H and O–H groups in total. The van der Waals surface area contributed by atoms with Crippen LogP contribution in [0.5, 0.6) is 0 Å². The maximum Gasteiger partial charge on any atom is 0.118 e. The minimum atomic E-state index is -1.000. The first-order chi connectivity index (χ1) is 5.68. The molecule has 1 aromatic rings. The normalized spacial score (nSPS) is 34.7. The van der Waals surface area contributed by atoms with Crippen molar-refractivity contribution in [1.29, 1.82) is 0 Å². The molecule has 1 aliphatic carbocycles. The summed E-state index contributed by atoms with van der Waals surface area (Å²) in [5.74, 6) is 0. The maximum atomic E-state index is 13.6. The average Bonchev–Trinajstić information content (AvgIpc) is 2.36. The third kappa shape index (κ3) is 1.52. The highest BCUT2D eigenvalue weighted by Crippen LogP contribution is 2.38. The number of thiophene rings is 1. The summed E-state index contributed by atoms with van der Waals surface area (Å²) in [6.07, 6.45) is 1.61. The zero-order chi connectivity index (χ0) is 8.60. The lowest BCUT2D eigenvalue weighted by Crippen LogP contribution is -2.49. The van der Waals surface area contributed by atoms with E-state index < -0.39 is 5.67 Å². The Kier molecular flexibility index (Phi) is 1.93. The van der Waals surface area contributed by atoms with Gasteiger partial charge in [-0.1, -0.05) is 0 Å². The fourth-order valence-electron chi connectivity index (χ4n) is 1.78. The molecule has 0 saturated heterocycles. The summed E-state index contributed by atoms with van der Waals surface area (Å²) in [6, 6.07) is 2.07. The van der Waals surface area contributed by atoms with Crippen LogP contribution in [0.1, 0.15) is 18.4 Å². The molecule has 3 heteroatoms. The van der Waals surface area contributed by atoms with Crippen molar-refractivity contribution in [3.8, 4) is 0 Å². The number of hydrogen-bond acceptors (Lipinski definition) is 2. The van der Waals surface area contributed by atoms with Crippen LogP contribution in [0, 0.1) is 0 Å². The SMILES string of the molecule is NC1CC(F)(Cc2ccsc2)C1. The molecule has 66 valence electrons. The van der Waals surface area contributed by atoms with Crippen LogP contribution in [0.15, 0.2) is 16.8 Å². The molecule has 1 aromatic heterocycles. The second kappa shape index (κ2) is 2.82. The molecular formula is C9H12FNS. The van der Waals surface area contributed by atoms with Gasteiger partial charge in [0.2, 0.25) is 0 Å². The van der Waals surface area contributed by atoms with E-state index in [1.807, 2.05) is 16.8 Å². The van der Waals surface area contributed by atoms with Crippen LogP contribution < -0.4 is 5.73 Å². The Morgan fingerprint density at radius 2 is 2.42 bits per heavy atom. The summed E-state index contributed by atoms with van der Waals surface area (Å²) in [5, 5.41) is 3.99. The average molecular weight is 185 g/mol. The molecule has 1 aliphatic rings. The van der Waals surface area contributed by atoms with Crippen molar-refractivity contribution in [2.24, 2.45) is 5.73 Å². The van der Waals surface area contributed by atoms with Crippen molar-refractivity contribution < 1.29 is 4.39 Å². The van der Waals surface area contributed by atoms with E-state index in [4.69, 9.17) is 5.73 Å². The Hall–Kier alpha value is -0.410. The standard InChI is InChI=1S/C9H12FNS/c10-9(4-8(11)5-9)3-7-1-2-12-6-7/h1-2,6,8H,3-5,11H2. The maximum absolute atomic E-state index is 13.6. The molecule has 12 heavy (non-hydrogen) atoms. The number of nitrogens with two attached hydrogens (primary N) is 1. The minimum absolute atomic E-state index is 0.0913. The summed E-state index contributed by atoms with van der Waals surface area (Å²) in [4.78, 5) is 0. The van der Waals surface area contributed by atoms with Crippen molar-refractivity contribution in [1.82, 2.24) is 0 Å². The van der Waals surface area contributed by atoms with Crippen molar-refractivity contribution in [2.45, 2.75) is 31.0 Å². The molecule has 0 unspecified atom stereocenters. The summed E-state index contributed by atoms with van der Waals surface area (Å²) in [7, 11) is 0. The predicted octanol–water partition coefficient (Wildman–Crippen LogP) is 2.12. The summed E-state index contributed by atoms with van der Waals surface area (Å²) in [5.41, 5.74) is 5.65. The van der Waals surface area contributed by atoms with Crippen LogP contribution in [0.3, 0.4) is 0 Å². The fourth-order valence-corrected chi connectivity index (χ4v) is 2.45. The second-order valence-electron chi connectivity index (χ2n) is 3.63. The van der Waals surface area contributed by atoms with Gasteiger partial charge < -0.3 is 5.73 Å². The lowest BCUT2D eigenvalue weighted by atomic mass is 9.74. The number of halogens is 1. The molecule has 0 amide bonds. The highest BCUT2D eigenvalue weighted by Gasteiger charge is 2.42. The molecule has 0 aliphatic heterocycles. The number of alkyl halides is 1. The topological polar surface area (TPSA) is 26.0 Å². The molecule has 0 aromatic carbocycles. The second-order valence-corrected chi connectivity index (χ2v) is 4.41. The van der Waals surface area contributed by atoms with Crippen LogP contribution in [-0.2, 0) is 6.42 Å². The van der Waals surface area contributed by atoms with Crippen LogP contribution in [0.4, 0.5) is 4.39 Å². The summed E-state index contributed by atoms with van der Waals surface area (Å²) in [6.45, 7) is 0. The largest absolute Gasteiger partial charge is 0.327 e. The van der Waals surface area contributed by atoms with Gasteiger partial charge in [0, 0.05) is 12.5 Å². The Morgan fingerprint density at radius 1 is 1.67 bits per heavy atom. The van der Waals surface area contributed by atoms with E-state index in [1.165, 1.54) is 0 Å². The Balaban J connectivity index is 1.96. The minimum Gasteiger partial charge on any atom is -0.327 e. The smallest absolute Gasteiger partial charge is 0.118 e. The van der Waals surface area contributed by atoms with Crippen molar-refractivity contribution in [3.05, 3.63) is 22.4 Å². The van der Waals surface area contributed by atoms with Gasteiger partial charge in [-0.3, -0.25) is 0 Å². The van der Waals surface area contributed by atoms with Gasteiger partial charge in [-0.2, -0.15) is 11.3 Å². The van der Waals surface area contributed by atoms with E-state index in [2.05, 4.69) is 0 Å². The van der Waals surface area contributed by atoms with Gasteiger partial charge in [0.1, 0.15) is 5.67 Å². The zero-order valence-corrected chi connectivity index (χ0v) is 7.61. The summed E-state index contributed by atoms with van der Waals surface area (Å²) < 4.78 is 13.6. The van der Waals surface area contributed by atoms with Gasteiger partial charge in [-0.25, -0.2) is 4.39 Å². The van der Waals surface area contributed by atoms with Gasteiger partial charge in [-0.15, -0.1) is 0 Å². The van der Waals surface area contributed by atoms with Gasteiger partial charge in [0.25, 0.3) is 0 Å². The predicted molar refractivity (Wildman–Crippen MR) is 49.1 cm³/mol. The third-order valence-electron chi connectivity index (χ3n) is 2.36. The Bertz CT molecular complexity index is 252. The fraction of sp³-hybridized carbons (Fsp3) is 0.556. The van der Waals surface area contributed by atoms with E-state index >= 15 is 0 Å². The first-order valence-corrected chi connectivity index (χ1v) is 5.08. The van der Waals surface area contributed by atoms with Gasteiger partial charge in [-0.05, 0) is 35.2 Å². The van der Waals surface area contributed by atoms with Gasteiger partial charge in [0.05, 0.1) is 0 Å². The molecule has 1 heterocycles. The van der Waals surface area contributed by atoms with Crippen molar-refractivity contribution in [2.75, 3.05) is 0 Å². The summed E-state index contributed by atoms with van der Waals surface area (Å²) >= 11 is 1.62. The van der Waals surface area contributed by atoms with E-state index in [0.29, 0.717) is 19.3 Å². The molecule has 2 rings (SSSR count). The van der Waals surface area contributed by atoms with E-state index in [0.717, 1.165) is 5.56 Å². The first kappa shape index (κ1) is 8.20. The molecule has 0 bridgehead atoms. The lowest BCUT2D eigenvalue weighted by molar-refractivity contribution is 0.0445. The van der Waals surface area contributed by atoms with Crippen LogP contribution in [0.25, 0.3) is 0 Å². The molecule has 0 spiro atoms. The Morgan fingerprint density at radius 3 is 2.92 bits per heavy atom. The molecule has 1 fully saturated rings. The highest BCUT2D eigenvalue weighted by molar-refractivity contribution is 7.07. The molecule has 1 saturated carbocycles. The zero-order valence-electron chi connectivity index (χ0n) is 6.79. The number of hydrogen-bond donors (Lipinski definition) is 1. The van der Waals surface area contributed by atoms with Crippen molar-refractivity contribution >= 4 is 11.3 Å². The van der Waals surface area contributed by atoms with E-state index in [-0.39, 0.29) is 6.04 Å². The molecule has 0 radical (unpaired) electrons. The van der Waals surface area contributed by atoms with Crippen molar-refractivity contribution in [3.63, 3.8) is 0 Å². The van der Waals surface area contributed by atoms with Crippen LogP contribution in [-0.4, -0.2) is 11.7 Å². The van der Waals surface area contributed by atoms with Gasteiger partial charge in [0.15, 0.2) is 0 Å². The van der Waals surface area contributed by atoms with E-state index in [9.17, 15) is 4.39 Å². The van der Waals surface area contributed by atoms with E-state index in [1.54, 1.807) is 11.3 Å². The van der Waals surface area contributed by atoms with Gasteiger partial charge >= 0.3 is 0 Å².